The molecule has 0 aliphatic carbocycles. The lowest BCUT2D eigenvalue weighted by Gasteiger charge is -2.32. The molecular formula is C31H38N2O3. The molecule has 5 heteroatoms. The number of ether oxygens (including phenoxy) is 1. The van der Waals surface area contributed by atoms with Gasteiger partial charge in [0.05, 0.1) is 0 Å². The minimum Gasteiger partial charge on any atom is -0.483 e. The van der Waals surface area contributed by atoms with Crippen molar-refractivity contribution in [3.05, 3.63) is 100 Å². The monoisotopic (exact) mass is 486 g/mol. The Bertz CT molecular complexity index is 1170. The van der Waals surface area contributed by atoms with Crippen molar-refractivity contribution in [2.45, 2.75) is 60.0 Å². The smallest absolute Gasteiger partial charge is 0.261 e. The van der Waals surface area contributed by atoms with E-state index in [1.165, 1.54) is 0 Å². The number of nitrogens with one attached hydrogen (secondary N) is 1. The molecule has 190 valence electrons. The molecule has 0 saturated carbocycles. The van der Waals surface area contributed by atoms with Gasteiger partial charge in [-0.2, -0.15) is 0 Å². The molecule has 0 radical (unpaired) electrons. The van der Waals surface area contributed by atoms with Crippen LogP contribution >= 0.6 is 0 Å². The zero-order valence-corrected chi connectivity index (χ0v) is 22.1. The van der Waals surface area contributed by atoms with Gasteiger partial charge in [-0.3, -0.25) is 9.59 Å². The standard InChI is InChI=1S/C31H38N2O3/c1-6-16-32-31(35)28(19-26-13-8-7-9-14-26)33(20-27-15-11-10-12-23(27)3)30(34)21-36-29-18-22(2)17-24(4)25(29)5/h7-15,17-18,28H,6,16,19-21H2,1-5H3,(H,32,35)/t28-/m0/s1. The van der Waals surface area contributed by atoms with Gasteiger partial charge in [-0.1, -0.05) is 67.6 Å². The lowest BCUT2D eigenvalue weighted by Crippen LogP contribution is -2.51. The van der Waals surface area contributed by atoms with E-state index in [0.29, 0.717) is 25.3 Å². The van der Waals surface area contributed by atoms with Crippen LogP contribution in [-0.2, 0) is 22.6 Å². The van der Waals surface area contributed by atoms with Gasteiger partial charge in [0.25, 0.3) is 5.91 Å². The topological polar surface area (TPSA) is 58.6 Å². The first kappa shape index (κ1) is 27.0. The Morgan fingerprint density at radius 3 is 2.31 bits per heavy atom. The first-order chi connectivity index (χ1) is 17.3. The maximum absolute atomic E-state index is 13.7. The van der Waals surface area contributed by atoms with E-state index in [4.69, 9.17) is 4.74 Å². The molecule has 3 rings (SSSR count). The van der Waals surface area contributed by atoms with Gasteiger partial charge in [-0.15, -0.1) is 0 Å². The highest BCUT2D eigenvalue weighted by atomic mass is 16.5. The third-order valence-electron chi connectivity index (χ3n) is 6.54. The van der Waals surface area contributed by atoms with Gasteiger partial charge < -0.3 is 15.0 Å². The van der Waals surface area contributed by atoms with E-state index in [0.717, 1.165) is 39.8 Å². The van der Waals surface area contributed by atoms with E-state index < -0.39 is 6.04 Å². The highest BCUT2D eigenvalue weighted by molar-refractivity contribution is 5.88. The van der Waals surface area contributed by atoms with Gasteiger partial charge in [-0.25, -0.2) is 0 Å². The molecule has 0 fully saturated rings. The van der Waals surface area contributed by atoms with Crippen molar-refractivity contribution in [1.29, 1.82) is 0 Å². The minimum absolute atomic E-state index is 0.137. The predicted molar refractivity (Wildman–Crippen MR) is 145 cm³/mol. The predicted octanol–water partition coefficient (Wildman–Crippen LogP) is 5.47. The Morgan fingerprint density at radius 2 is 1.61 bits per heavy atom. The fraction of sp³-hybridized carbons (Fsp3) is 0.355. The molecule has 1 N–H and O–H groups in total. The molecule has 36 heavy (non-hydrogen) atoms. The van der Waals surface area contributed by atoms with Crippen molar-refractivity contribution in [3.63, 3.8) is 0 Å². The summed E-state index contributed by atoms with van der Waals surface area (Å²) in [7, 11) is 0. The average molecular weight is 487 g/mol. The number of benzene rings is 3. The van der Waals surface area contributed by atoms with Crippen LogP contribution in [0.2, 0.25) is 0 Å². The van der Waals surface area contributed by atoms with Crippen molar-refractivity contribution < 1.29 is 14.3 Å². The number of aryl methyl sites for hydroxylation is 3. The van der Waals surface area contributed by atoms with Gasteiger partial charge in [0.1, 0.15) is 11.8 Å². The summed E-state index contributed by atoms with van der Waals surface area (Å²) in [5, 5.41) is 3.01. The molecule has 0 bridgehead atoms. The molecule has 0 spiro atoms. The van der Waals surface area contributed by atoms with E-state index in [-0.39, 0.29) is 18.4 Å². The highest BCUT2D eigenvalue weighted by Crippen LogP contribution is 2.24. The molecule has 2 amide bonds. The number of hydrogen-bond donors (Lipinski definition) is 1. The summed E-state index contributed by atoms with van der Waals surface area (Å²) in [6, 6.07) is 21.2. The molecule has 0 heterocycles. The number of carbonyl (C=O) groups excluding carboxylic acids is 2. The van der Waals surface area contributed by atoms with Crippen molar-refractivity contribution in [1.82, 2.24) is 10.2 Å². The summed E-state index contributed by atoms with van der Waals surface area (Å²) in [5.41, 5.74) is 6.31. The third kappa shape index (κ3) is 7.20. The van der Waals surface area contributed by atoms with Crippen LogP contribution in [0.3, 0.4) is 0 Å². The van der Waals surface area contributed by atoms with Crippen LogP contribution in [0.4, 0.5) is 0 Å². The maximum Gasteiger partial charge on any atom is 0.261 e. The van der Waals surface area contributed by atoms with Crippen molar-refractivity contribution in [3.8, 4) is 5.75 Å². The second-order valence-corrected chi connectivity index (χ2v) is 9.44. The second-order valence-electron chi connectivity index (χ2n) is 9.44. The first-order valence-corrected chi connectivity index (χ1v) is 12.7. The van der Waals surface area contributed by atoms with Crippen molar-refractivity contribution in [2.75, 3.05) is 13.2 Å². The Balaban J connectivity index is 1.93. The number of nitrogens with zero attached hydrogens (tertiary/aromatic N) is 1. The van der Waals surface area contributed by atoms with E-state index in [1.54, 1.807) is 4.90 Å². The first-order valence-electron chi connectivity index (χ1n) is 12.7. The summed E-state index contributed by atoms with van der Waals surface area (Å²) in [5.74, 6) is 0.335. The summed E-state index contributed by atoms with van der Waals surface area (Å²) in [6.07, 6.45) is 1.25. The van der Waals surface area contributed by atoms with Gasteiger partial charge in [-0.05, 0) is 73.6 Å². The molecule has 0 unspecified atom stereocenters. The Morgan fingerprint density at radius 1 is 0.917 bits per heavy atom. The van der Waals surface area contributed by atoms with E-state index in [1.807, 2.05) is 95.3 Å². The molecule has 3 aromatic rings. The number of carbonyl (C=O) groups is 2. The van der Waals surface area contributed by atoms with Gasteiger partial charge in [0.2, 0.25) is 5.91 Å². The summed E-state index contributed by atoms with van der Waals surface area (Å²) >= 11 is 0. The zero-order valence-electron chi connectivity index (χ0n) is 22.1. The molecule has 0 aromatic heterocycles. The van der Waals surface area contributed by atoms with E-state index >= 15 is 0 Å². The van der Waals surface area contributed by atoms with Crippen LogP contribution < -0.4 is 10.1 Å². The minimum atomic E-state index is -0.657. The Hall–Kier alpha value is -3.60. The summed E-state index contributed by atoms with van der Waals surface area (Å²) in [6.45, 7) is 10.8. The van der Waals surface area contributed by atoms with E-state index in [9.17, 15) is 9.59 Å². The highest BCUT2D eigenvalue weighted by Gasteiger charge is 2.31. The molecule has 0 aliphatic heterocycles. The molecular weight excluding hydrogens is 448 g/mol. The van der Waals surface area contributed by atoms with Gasteiger partial charge >= 0.3 is 0 Å². The van der Waals surface area contributed by atoms with Crippen LogP contribution in [0.1, 0.15) is 46.7 Å². The second kappa shape index (κ2) is 12.9. The van der Waals surface area contributed by atoms with Crippen LogP contribution in [0.15, 0.2) is 66.7 Å². The molecule has 1 atom stereocenters. The maximum atomic E-state index is 13.7. The van der Waals surface area contributed by atoms with E-state index in [2.05, 4.69) is 11.4 Å². The van der Waals surface area contributed by atoms with Crippen molar-refractivity contribution >= 4 is 11.8 Å². The van der Waals surface area contributed by atoms with Gasteiger partial charge in [0, 0.05) is 19.5 Å². The fourth-order valence-electron chi connectivity index (χ4n) is 4.26. The normalized spacial score (nSPS) is 11.6. The molecule has 0 saturated heterocycles. The zero-order chi connectivity index (χ0) is 26.1. The molecule has 5 nitrogen and oxygen atoms in total. The third-order valence-corrected chi connectivity index (χ3v) is 6.54. The van der Waals surface area contributed by atoms with Crippen LogP contribution in [0.25, 0.3) is 0 Å². The Labute approximate surface area is 215 Å². The van der Waals surface area contributed by atoms with Crippen molar-refractivity contribution in [2.24, 2.45) is 0 Å². The van der Waals surface area contributed by atoms with Gasteiger partial charge in [0.15, 0.2) is 6.61 Å². The summed E-state index contributed by atoms with van der Waals surface area (Å²) in [4.78, 5) is 28.8. The number of hydrogen-bond acceptors (Lipinski definition) is 3. The number of rotatable bonds is 11. The Kier molecular flexibility index (Phi) is 9.69. The number of amides is 2. The molecule has 0 aliphatic rings. The SMILES string of the molecule is CCCNC(=O)[C@H](Cc1ccccc1)N(Cc1ccccc1C)C(=O)COc1cc(C)cc(C)c1C. The lowest BCUT2D eigenvalue weighted by atomic mass is 10.0. The largest absolute Gasteiger partial charge is 0.483 e. The van der Waals surface area contributed by atoms with Crippen LogP contribution in [0.5, 0.6) is 5.75 Å². The van der Waals surface area contributed by atoms with Crippen LogP contribution in [0, 0.1) is 27.7 Å². The summed E-state index contributed by atoms with van der Waals surface area (Å²) < 4.78 is 6.05. The fourth-order valence-corrected chi connectivity index (χ4v) is 4.26. The quantitative estimate of drug-likeness (QED) is 0.391. The molecule has 3 aromatic carbocycles. The van der Waals surface area contributed by atoms with Crippen LogP contribution in [-0.4, -0.2) is 35.9 Å². The lowest BCUT2D eigenvalue weighted by molar-refractivity contribution is -0.142. The average Bonchev–Trinajstić information content (AvgIpc) is 2.87.